The number of anilines is 1. The lowest BCUT2D eigenvalue weighted by Gasteiger charge is -2.09. The highest BCUT2D eigenvalue weighted by molar-refractivity contribution is 6.04. The highest BCUT2D eigenvalue weighted by atomic mass is 19.1. The van der Waals surface area contributed by atoms with Gasteiger partial charge < -0.3 is 10.1 Å². The topological polar surface area (TPSA) is 51.2 Å². The Morgan fingerprint density at radius 2 is 2.16 bits per heavy atom. The van der Waals surface area contributed by atoms with Crippen LogP contribution in [0.4, 0.5) is 10.1 Å². The summed E-state index contributed by atoms with van der Waals surface area (Å²) in [5, 5.41) is 2.68. The van der Waals surface area contributed by atoms with Crippen molar-refractivity contribution in [3.05, 3.63) is 53.5 Å². The number of halogens is 1. The van der Waals surface area contributed by atoms with E-state index in [-0.39, 0.29) is 11.7 Å². The van der Waals surface area contributed by atoms with Gasteiger partial charge in [0.15, 0.2) is 0 Å². The van der Waals surface area contributed by atoms with Gasteiger partial charge in [-0.25, -0.2) is 9.37 Å². The van der Waals surface area contributed by atoms with Crippen LogP contribution in [0.2, 0.25) is 0 Å². The average molecular weight is 260 g/mol. The van der Waals surface area contributed by atoms with Crippen molar-refractivity contribution in [2.75, 3.05) is 12.4 Å². The Morgan fingerprint density at radius 3 is 2.84 bits per heavy atom. The first-order valence-corrected chi connectivity index (χ1v) is 5.68. The summed E-state index contributed by atoms with van der Waals surface area (Å²) in [6, 6.07) is 7.56. The zero-order valence-corrected chi connectivity index (χ0v) is 10.6. The number of pyridine rings is 1. The standard InChI is InChI=1S/C14H13FN2O2/c1-9-8-10(5-6-11(9)15)13(18)17-12-4-3-7-16-14(12)19-2/h3-8H,1-2H3,(H,17,18). The second-order valence-electron chi connectivity index (χ2n) is 3.98. The second kappa shape index (κ2) is 5.48. The Balaban J connectivity index is 2.23. The number of aryl methyl sites for hydroxylation is 1. The number of methoxy groups -OCH3 is 1. The molecule has 5 heteroatoms. The van der Waals surface area contributed by atoms with Gasteiger partial charge in [-0.3, -0.25) is 4.79 Å². The van der Waals surface area contributed by atoms with Crippen molar-refractivity contribution in [2.45, 2.75) is 6.92 Å². The van der Waals surface area contributed by atoms with E-state index < -0.39 is 0 Å². The van der Waals surface area contributed by atoms with E-state index in [9.17, 15) is 9.18 Å². The lowest BCUT2D eigenvalue weighted by molar-refractivity contribution is 0.102. The number of rotatable bonds is 3. The Hall–Kier alpha value is -2.43. The summed E-state index contributed by atoms with van der Waals surface area (Å²) in [7, 11) is 1.47. The van der Waals surface area contributed by atoms with Gasteiger partial charge in [-0.05, 0) is 42.8 Å². The number of nitrogens with one attached hydrogen (secondary N) is 1. The molecule has 98 valence electrons. The molecule has 1 N–H and O–H groups in total. The number of benzene rings is 1. The first kappa shape index (κ1) is 13.0. The van der Waals surface area contributed by atoms with Crippen LogP contribution in [0.3, 0.4) is 0 Å². The van der Waals surface area contributed by atoms with E-state index in [1.807, 2.05) is 0 Å². The number of nitrogens with zero attached hydrogens (tertiary/aromatic N) is 1. The minimum atomic E-state index is -0.339. The summed E-state index contributed by atoms with van der Waals surface area (Å²) >= 11 is 0. The van der Waals surface area contributed by atoms with E-state index in [1.54, 1.807) is 25.3 Å². The molecule has 1 aromatic heterocycles. The molecular formula is C14H13FN2O2. The van der Waals surface area contributed by atoms with Crippen LogP contribution in [0.15, 0.2) is 36.5 Å². The van der Waals surface area contributed by atoms with Crippen molar-refractivity contribution in [2.24, 2.45) is 0 Å². The molecule has 2 aromatic rings. The number of amides is 1. The molecule has 0 fully saturated rings. The Labute approximate surface area is 110 Å². The van der Waals surface area contributed by atoms with Crippen molar-refractivity contribution in [3.8, 4) is 5.88 Å². The van der Waals surface area contributed by atoms with Crippen molar-refractivity contribution < 1.29 is 13.9 Å². The van der Waals surface area contributed by atoms with Crippen LogP contribution in [-0.4, -0.2) is 18.0 Å². The summed E-state index contributed by atoms with van der Waals surface area (Å²) in [5.74, 6) is -0.348. The van der Waals surface area contributed by atoms with Crippen molar-refractivity contribution >= 4 is 11.6 Å². The molecule has 0 saturated carbocycles. The van der Waals surface area contributed by atoms with Crippen molar-refractivity contribution in [1.82, 2.24) is 4.98 Å². The molecule has 0 radical (unpaired) electrons. The minimum Gasteiger partial charge on any atom is -0.480 e. The first-order chi connectivity index (χ1) is 9.11. The lowest BCUT2D eigenvalue weighted by atomic mass is 10.1. The Bertz CT molecular complexity index is 614. The third-order valence-electron chi connectivity index (χ3n) is 2.63. The van der Waals surface area contributed by atoms with Crippen LogP contribution in [0.25, 0.3) is 0 Å². The molecule has 1 amide bonds. The van der Waals surface area contributed by atoms with E-state index in [1.165, 1.54) is 25.3 Å². The molecule has 0 aliphatic rings. The zero-order chi connectivity index (χ0) is 13.8. The quantitative estimate of drug-likeness (QED) is 0.923. The summed E-state index contributed by atoms with van der Waals surface area (Å²) < 4.78 is 18.2. The molecule has 4 nitrogen and oxygen atoms in total. The summed E-state index contributed by atoms with van der Waals surface area (Å²) in [6.07, 6.45) is 1.57. The van der Waals surface area contributed by atoms with Gasteiger partial charge in [0.05, 0.1) is 7.11 Å². The highest BCUT2D eigenvalue weighted by Crippen LogP contribution is 2.21. The van der Waals surface area contributed by atoms with Crippen LogP contribution in [0.1, 0.15) is 15.9 Å². The fourth-order valence-corrected chi connectivity index (χ4v) is 1.63. The van der Waals surface area contributed by atoms with Crippen LogP contribution < -0.4 is 10.1 Å². The summed E-state index contributed by atoms with van der Waals surface area (Å²) in [4.78, 5) is 16.0. The number of aromatic nitrogens is 1. The Kier molecular flexibility index (Phi) is 3.75. The first-order valence-electron chi connectivity index (χ1n) is 5.68. The molecule has 0 bridgehead atoms. The van der Waals surface area contributed by atoms with Gasteiger partial charge in [-0.1, -0.05) is 0 Å². The molecule has 0 saturated heterocycles. The molecule has 0 spiro atoms. The molecule has 0 aliphatic heterocycles. The number of carbonyl (C=O) groups is 1. The number of hydrogen-bond donors (Lipinski definition) is 1. The molecule has 0 unspecified atom stereocenters. The normalized spacial score (nSPS) is 10.1. The predicted octanol–water partition coefficient (Wildman–Crippen LogP) is 2.79. The molecule has 2 rings (SSSR count). The van der Waals surface area contributed by atoms with Gasteiger partial charge in [0, 0.05) is 11.8 Å². The number of ether oxygens (including phenoxy) is 1. The molecule has 0 aliphatic carbocycles. The second-order valence-corrected chi connectivity index (χ2v) is 3.98. The van der Waals surface area contributed by atoms with Crippen molar-refractivity contribution in [1.29, 1.82) is 0 Å². The van der Waals surface area contributed by atoms with E-state index in [0.717, 1.165) is 0 Å². The van der Waals surface area contributed by atoms with Gasteiger partial charge in [-0.2, -0.15) is 0 Å². The predicted molar refractivity (Wildman–Crippen MR) is 69.9 cm³/mol. The van der Waals surface area contributed by atoms with E-state index >= 15 is 0 Å². The third-order valence-corrected chi connectivity index (χ3v) is 2.63. The largest absolute Gasteiger partial charge is 0.480 e. The maximum absolute atomic E-state index is 13.1. The smallest absolute Gasteiger partial charge is 0.255 e. The maximum Gasteiger partial charge on any atom is 0.255 e. The van der Waals surface area contributed by atoms with Gasteiger partial charge in [0.2, 0.25) is 5.88 Å². The monoisotopic (exact) mass is 260 g/mol. The van der Waals surface area contributed by atoms with Gasteiger partial charge >= 0.3 is 0 Å². The van der Waals surface area contributed by atoms with E-state index in [4.69, 9.17) is 4.74 Å². The zero-order valence-electron chi connectivity index (χ0n) is 10.6. The third kappa shape index (κ3) is 2.88. The molecule has 19 heavy (non-hydrogen) atoms. The fourth-order valence-electron chi connectivity index (χ4n) is 1.63. The molecule has 1 aromatic carbocycles. The van der Waals surface area contributed by atoms with Gasteiger partial charge in [0.25, 0.3) is 5.91 Å². The number of hydrogen-bond acceptors (Lipinski definition) is 3. The molecular weight excluding hydrogens is 247 g/mol. The van der Waals surface area contributed by atoms with E-state index in [2.05, 4.69) is 10.3 Å². The maximum atomic E-state index is 13.1. The van der Waals surface area contributed by atoms with Gasteiger partial charge in [0.1, 0.15) is 11.5 Å². The Morgan fingerprint density at radius 1 is 1.37 bits per heavy atom. The van der Waals surface area contributed by atoms with Crippen LogP contribution in [0.5, 0.6) is 5.88 Å². The van der Waals surface area contributed by atoms with Crippen LogP contribution in [0, 0.1) is 12.7 Å². The summed E-state index contributed by atoms with van der Waals surface area (Å²) in [5.41, 5.74) is 1.27. The molecule has 0 atom stereocenters. The minimum absolute atomic E-state index is 0.328. The van der Waals surface area contributed by atoms with Crippen molar-refractivity contribution in [3.63, 3.8) is 0 Å². The molecule has 1 heterocycles. The fraction of sp³-hybridized carbons (Fsp3) is 0.143. The average Bonchev–Trinajstić information content (AvgIpc) is 2.42. The van der Waals surface area contributed by atoms with Crippen LogP contribution in [-0.2, 0) is 0 Å². The highest BCUT2D eigenvalue weighted by Gasteiger charge is 2.11. The van der Waals surface area contributed by atoms with Crippen LogP contribution >= 0.6 is 0 Å². The van der Waals surface area contributed by atoms with Gasteiger partial charge in [-0.15, -0.1) is 0 Å². The lowest BCUT2D eigenvalue weighted by Crippen LogP contribution is -2.13. The SMILES string of the molecule is COc1ncccc1NC(=O)c1ccc(F)c(C)c1. The number of carbonyl (C=O) groups excluding carboxylic acids is 1. The van der Waals surface area contributed by atoms with E-state index in [0.29, 0.717) is 22.7 Å². The summed E-state index contributed by atoms with van der Waals surface area (Å²) in [6.45, 7) is 1.61.